The number of carbonyl (C=O) groups is 2. The Kier molecular flexibility index (Phi) is 10.5. The van der Waals surface area contributed by atoms with E-state index in [9.17, 15) is 18.0 Å². The number of rotatable bonds is 12. The Morgan fingerprint density at radius 1 is 0.923 bits per heavy atom. The van der Waals surface area contributed by atoms with Crippen LogP contribution in [0.15, 0.2) is 83.8 Å². The molecule has 0 aromatic heterocycles. The lowest BCUT2D eigenvalue weighted by molar-refractivity contribution is -0.140. The van der Waals surface area contributed by atoms with Gasteiger partial charge in [0.2, 0.25) is 11.8 Å². The molecule has 0 aliphatic carbocycles. The molecule has 2 atom stereocenters. The van der Waals surface area contributed by atoms with Crippen molar-refractivity contribution in [1.29, 1.82) is 0 Å². The third kappa shape index (κ3) is 7.83. The highest BCUT2D eigenvalue weighted by atomic mass is 35.5. The van der Waals surface area contributed by atoms with E-state index in [1.54, 1.807) is 30.3 Å². The van der Waals surface area contributed by atoms with Gasteiger partial charge >= 0.3 is 0 Å². The second-order valence-corrected chi connectivity index (χ2v) is 11.9. The first-order chi connectivity index (χ1) is 18.6. The van der Waals surface area contributed by atoms with Crippen molar-refractivity contribution in [3.63, 3.8) is 0 Å². The first kappa shape index (κ1) is 30.2. The topological polar surface area (TPSA) is 86.8 Å². The van der Waals surface area contributed by atoms with Gasteiger partial charge in [0.25, 0.3) is 10.0 Å². The first-order valence-electron chi connectivity index (χ1n) is 13.1. The molecule has 9 heteroatoms. The second kappa shape index (κ2) is 13.6. The van der Waals surface area contributed by atoms with E-state index in [2.05, 4.69) is 5.32 Å². The van der Waals surface area contributed by atoms with E-state index >= 15 is 0 Å². The Labute approximate surface area is 236 Å². The van der Waals surface area contributed by atoms with Gasteiger partial charge in [0.15, 0.2) is 0 Å². The Morgan fingerprint density at radius 2 is 1.59 bits per heavy atom. The van der Waals surface area contributed by atoms with Crippen LogP contribution in [0, 0.1) is 6.92 Å². The maximum absolute atomic E-state index is 14.0. The number of nitrogens with one attached hydrogen (secondary N) is 1. The number of nitrogens with zero attached hydrogens (tertiary/aromatic N) is 2. The van der Waals surface area contributed by atoms with Gasteiger partial charge in [-0.3, -0.25) is 13.9 Å². The lowest BCUT2D eigenvalue weighted by Gasteiger charge is -2.33. The van der Waals surface area contributed by atoms with Crippen LogP contribution in [0.25, 0.3) is 0 Å². The zero-order valence-corrected chi connectivity index (χ0v) is 24.4. The zero-order valence-electron chi connectivity index (χ0n) is 22.8. The Hall–Kier alpha value is -3.36. The van der Waals surface area contributed by atoms with Gasteiger partial charge < -0.3 is 10.2 Å². The molecular weight excluding hydrogens is 534 g/mol. The van der Waals surface area contributed by atoms with Crippen LogP contribution in [0.2, 0.25) is 5.02 Å². The van der Waals surface area contributed by atoms with Gasteiger partial charge in [-0.05, 0) is 62.6 Å². The summed E-state index contributed by atoms with van der Waals surface area (Å²) < 4.78 is 28.8. The zero-order chi connectivity index (χ0) is 28.6. The van der Waals surface area contributed by atoms with E-state index in [1.807, 2.05) is 58.0 Å². The van der Waals surface area contributed by atoms with Gasteiger partial charge in [0.05, 0.1) is 10.6 Å². The number of benzene rings is 3. The summed E-state index contributed by atoms with van der Waals surface area (Å²) in [5.41, 5.74) is 2.00. The predicted octanol–water partition coefficient (Wildman–Crippen LogP) is 5.57. The summed E-state index contributed by atoms with van der Waals surface area (Å²) in [6.45, 7) is 7.23. The fourth-order valence-electron chi connectivity index (χ4n) is 4.14. The van der Waals surface area contributed by atoms with Gasteiger partial charge in [-0.2, -0.15) is 0 Å². The van der Waals surface area contributed by atoms with Crippen molar-refractivity contribution in [2.75, 3.05) is 10.8 Å². The lowest BCUT2D eigenvalue weighted by atomic mass is 10.1. The van der Waals surface area contributed by atoms with Crippen molar-refractivity contribution in [2.45, 2.75) is 64.1 Å². The van der Waals surface area contributed by atoms with E-state index in [1.165, 1.54) is 23.1 Å². The maximum atomic E-state index is 14.0. The van der Waals surface area contributed by atoms with Crippen LogP contribution in [-0.2, 0) is 26.2 Å². The molecule has 0 saturated carbocycles. The predicted molar refractivity (Wildman–Crippen MR) is 156 cm³/mol. The Morgan fingerprint density at radius 3 is 2.18 bits per heavy atom. The molecule has 39 heavy (non-hydrogen) atoms. The van der Waals surface area contributed by atoms with Crippen molar-refractivity contribution in [3.05, 3.63) is 95.0 Å². The Balaban J connectivity index is 2.04. The molecule has 0 aliphatic heterocycles. The number of aryl methyl sites for hydroxylation is 1. The van der Waals surface area contributed by atoms with E-state index in [4.69, 9.17) is 11.6 Å². The average Bonchev–Trinajstić information content (AvgIpc) is 2.92. The van der Waals surface area contributed by atoms with Crippen LogP contribution in [-0.4, -0.2) is 43.8 Å². The minimum Gasteiger partial charge on any atom is -0.352 e. The van der Waals surface area contributed by atoms with Crippen molar-refractivity contribution in [3.8, 4) is 0 Å². The fourth-order valence-corrected chi connectivity index (χ4v) is 5.73. The summed E-state index contributed by atoms with van der Waals surface area (Å²) in [6, 6.07) is 21.3. The van der Waals surface area contributed by atoms with Crippen molar-refractivity contribution < 1.29 is 18.0 Å². The highest BCUT2D eigenvalue weighted by Crippen LogP contribution is 2.27. The lowest BCUT2D eigenvalue weighted by Crippen LogP contribution is -2.53. The third-order valence-electron chi connectivity index (χ3n) is 6.57. The summed E-state index contributed by atoms with van der Waals surface area (Å²) in [5, 5.41) is 3.31. The van der Waals surface area contributed by atoms with Gasteiger partial charge in [0, 0.05) is 17.6 Å². The van der Waals surface area contributed by atoms with Crippen LogP contribution in [0.1, 0.15) is 44.7 Å². The molecule has 0 heterocycles. The average molecular weight is 570 g/mol. The number of anilines is 1. The summed E-state index contributed by atoms with van der Waals surface area (Å²) in [5.74, 6) is -0.771. The number of amides is 2. The molecule has 0 aliphatic rings. The summed E-state index contributed by atoms with van der Waals surface area (Å²) in [4.78, 5) is 28.8. The standard InChI is InChI=1S/C30H36ClN3O4S/c1-5-23(4)32-30(36)28(6-2)33(20-24-11-8-7-9-12-24)29(35)21-34(26-14-10-13-25(31)19-26)39(37,38)27-17-15-22(3)16-18-27/h7-19,23,28H,5-6,20-21H2,1-4H3,(H,32,36)/t23-,28-/m1/s1. The normalized spacial score (nSPS) is 12.8. The molecule has 0 unspecified atom stereocenters. The van der Waals surface area contributed by atoms with E-state index < -0.39 is 28.5 Å². The number of halogens is 1. The summed E-state index contributed by atoms with van der Waals surface area (Å²) >= 11 is 6.22. The van der Waals surface area contributed by atoms with Gasteiger partial charge in [-0.25, -0.2) is 8.42 Å². The van der Waals surface area contributed by atoms with E-state index in [0.717, 1.165) is 21.9 Å². The van der Waals surface area contributed by atoms with Crippen LogP contribution < -0.4 is 9.62 Å². The van der Waals surface area contributed by atoms with Crippen molar-refractivity contribution >= 4 is 39.1 Å². The van der Waals surface area contributed by atoms with Gasteiger partial charge in [0.1, 0.15) is 12.6 Å². The van der Waals surface area contributed by atoms with Gasteiger partial charge in [-0.15, -0.1) is 0 Å². The van der Waals surface area contributed by atoms with E-state index in [-0.39, 0.29) is 29.1 Å². The van der Waals surface area contributed by atoms with E-state index in [0.29, 0.717) is 11.4 Å². The van der Waals surface area contributed by atoms with Crippen LogP contribution in [0.5, 0.6) is 0 Å². The van der Waals surface area contributed by atoms with Crippen LogP contribution in [0.3, 0.4) is 0 Å². The number of hydrogen-bond donors (Lipinski definition) is 1. The molecule has 2 amide bonds. The minimum atomic E-state index is -4.14. The highest BCUT2D eigenvalue weighted by Gasteiger charge is 2.34. The molecule has 0 fully saturated rings. The second-order valence-electron chi connectivity index (χ2n) is 9.55. The largest absolute Gasteiger partial charge is 0.352 e. The molecule has 3 aromatic carbocycles. The third-order valence-corrected chi connectivity index (χ3v) is 8.59. The van der Waals surface area contributed by atoms with Crippen molar-refractivity contribution in [1.82, 2.24) is 10.2 Å². The smallest absolute Gasteiger partial charge is 0.264 e. The number of carbonyl (C=O) groups excluding carboxylic acids is 2. The number of sulfonamides is 1. The Bertz CT molecular complexity index is 1360. The maximum Gasteiger partial charge on any atom is 0.264 e. The monoisotopic (exact) mass is 569 g/mol. The molecule has 0 bridgehead atoms. The SMILES string of the molecule is CC[C@@H](C)NC(=O)[C@@H](CC)N(Cc1ccccc1)C(=O)CN(c1cccc(Cl)c1)S(=O)(=O)c1ccc(C)cc1. The molecule has 0 spiro atoms. The minimum absolute atomic E-state index is 0.0528. The number of hydrogen-bond acceptors (Lipinski definition) is 4. The van der Waals surface area contributed by atoms with Crippen molar-refractivity contribution in [2.24, 2.45) is 0 Å². The molecule has 208 valence electrons. The summed E-state index contributed by atoms with van der Waals surface area (Å²) in [6.07, 6.45) is 1.11. The summed E-state index contributed by atoms with van der Waals surface area (Å²) in [7, 11) is -4.14. The molecular formula is C30H36ClN3O4S. The quantitative estimate of drug-likeness (QED) is 0.309. The highest BCUT2D eigenvalue weighted by molar-refractivity contribution is 7.92. The first-order valence-corrected chi connectivity index (χ1v) is 14.9. The molecule has 0 radical (unpaired) electrons. The van der Waals surface area contributed by atoms with Gasteiger partial charge in [-0.1, -0.05) is 79.5 Å². The fraction of sp³-hybridized carbons (Fsp3) is 0.333. The molecule has 0 saturated heterocycles. The van der Waals surface area contributed by atoms with Crippen LogP contribution >= 0.6 is 11.6 Å². The molecule has 3 rings (SSSR count). The molecule has 3 aromatic rings. The molecule has 7 nitrogen and oxygen atoms in total. The van der Waals surface area contributed by atoms with Crippen LogP contribution in [0.4, 0.5) is 5.69 Å². The molecule has 1 N–H and O–H groups in total.